The molecular weight excluding hydrogens is 326 g/mol. The largest absolute Gasteiger partial charge is 0.317 e. The summed E-state index contributed by atoms with van der Waals surface area (Å²) in [6.45, 7) is 8.68. The molecule has 142 valence electrons. The molecule has 2 fully saturated rings. The van der Waals surface area contributed by atoms with Crippen LogP contribution in [0.15, 0.2) is 6.20 Å². The van der Waals surface area contributed by atoms with E-state index in [0.717, 1.165) is 37.8 Å². The topological polar surface area (TPSA) is 55.0 Å². The molecule has 2 aliphatic heterocycles. The number of aryl methyl sites for hydroxylation is 1. The number of piperidine rings is 1. The summed E-state index contributed by atoms with van der Waals surface area (Å²) >= 11 is 0. The minimum absolute atomic E-state index is 0.477. The van der Waals surface area contributed by atoms with Crippen LogP contribution < -0.4 is 0 Å². The molecule has 0 unspecified atom stereocenters. The van der Waals surface area contributed by atoms with Gasteiger partial charge in [0.05, 0.1) is 12.7 Å². The Bertz CT molecular complexity index is 741. The quantitative estimate of drug-likeness (QED) is 0.817. The highest BCUT2D eigenvalue weighted by Gasteiger charge is 2.27. The van der Waals surface area contributed by atoms with Gasteiger partial charge in [-0.05, 0) is 52.2 Å². The second-order valence-electron chi connectivity index (χ2n) is 7.97. The molecule has 0 spiro atoms. The Labute approximate surface area is 156 Å². The van der Waals surface area contributed by atoms with E-state index in [2.05, 4.69) is 43.6 Å². The van der Waals surface area contributed by atoms with Gasteiger partial charge in [0.15, 0.2) is 0 Å². The van der Waals surface area contributed by atoms with Crippen molar-refractivity contribution in [1.29, 1.82) is 0 Å². The molecule has 0 radical (unpaired) electrons. The van der Waals surface area contributed by atoms with Crippen molar-refractivity contribution in [2.75, 3.05) is 26.2 Å². The van der Waals surface area contributed by atoms with Crippen molar-refractivity contribution in [1.82, 2.24) is 34.3 Å². The zero-order valence-corrected chi connectivity index (χ0v) is 16.4. The van der Waals surface area contributed by atoms with E-state index < -0.39 is 0 Å². The molecule has 0 bridgehead atoms. The molecule has 1 atom stereocenters. The number of rotatable bonds is 5. The van der Waals surface area contributed by atoms with Gasteiger partial charge in [0.25, 0.3) is 0 Å². The van der Waals surface area contributed by atoms with Gasteiger partial charge in [0.1, 0.15) is 11.6 Å². The van der Waals surface area contributed by atoms with Crippen molar-refractivity contribution in [3.63, 3.8) is 0 Å². The molecule has 26 heavy (non-hydrogen) atoms. The zero-order valence-electron chi connectivity index (χ0n) is 16.4. The number of hydrogen-bond donors (Lipinski definition) is 0. The molecule has 2 aromatic heterocycles. The van der Waals surface area contributed by atoms with E-state index in [-0.39, 0.29) is 0 Å². The molecule has 2 aliphatic rings. The van der Waals surface area contributed by atoms with Gasteiger partial charge in [-0.1, -0.05) is 0 Å². The van der Waals surface area contributed by atoms with Crippen molar-refractivity contribution in [3.8, 4) is 0 Å². The second-order valence-corrected chi connectivity index (χ2v) is 7.97. The lowest BCUT2D eigenvalue weighted by Crippen LogP contribution is -2.35. The van der Waals surface area contributed by atoms with Gasteiger partial charge < -0.3 is 4.57 Å². The summed E-state index contributed by atoms with van der Waals surface area (Å²) in [6, 6.07) is 0. The molecule has 2 aromatic rings. The van der Waals surface area contributed by atoms with E-state index >= 15 is 0 Å². The average Bonchev–Trinajstić information content (AvgIpc) is 3.35. The Morgan fingerprint density at radius 2 is 1.77 bits per heavy atom. The van der Waals surface area contributed by atoms with Crippen molar-refractivity contribution in [2.45, 2.75) is 51.6 Å². The first-order valence-electron chi connectivity index (χ1n) is 9.92. The maximum Gasteiger partial charge on any atom is 0.146 e. The Balaban J connectivity index is 1.42. The highest BCUT2D eigenvalue weighted by molar-refractivity contribution is 5.16. The van der Waals surface area contributed by atoms with Crippen molar-refractivity contribution < 1.29 is 0 Å². The van der Waals surface area contributed by atoms with Gasteiger partial charge in [-0.25, -0.2) is 0 Å². The minimum Gasteiger partial charge on any atom is -0.317 e. The van der Waals surface area contributed by atoms with E-state index in [1.807, 2.05) is 17.9 Å². The van der Waals surface area contributed by atoms with Gasteiger partial charge in [-0.3, -0.25) is 14.5 Å². The SMILES string of the molecule is Cc1c(CN2CCC[C@@H](c3nnc(CN4CCCC4)n3C)C2)cnn1C. The summed E-state index contributed by atoms with van der Waals surface area (Å²) in [5.74, 6) is 2.75. The van der Waals surface area contributed by atoms with Crippen molar-refractivity contribution in [2.24, 2.45) is 14.1 Å². The number of likely N-dealkylation sites (tertiary alicyclic amines) is 2. The van der Waals surface area contributed by atoms with Crippen LogP contribution in [0.5, 0.6) is 0 Å². The minimum atomic E-state index is 0.477. The summed E-state index contributed by atoms with van der Waals surface area (Å²) in [5.41, 5.74) is 2.60. The lowest BCUT2D eigenvalue weighted by molar-refractivity contribution is 0.194. The Kier molecular flexibility index (Phi) is 5.09. The summed E-state index contributed by atoms with van der Waals surface area (Å²) in [7, 11) is 4.16. The van der Waals surface area contributed by atoms with Crippen LogP contribution in [0.25, 0.3) is 0 Å². The summed E-state index contributed by atoms with van der Waals surface area (Å²) < 4.78 is 4.21. The lowest BCUT2D eigenvalue weighted by Gasteiger charge is -2.32. The van der Waals surface area contributed by atoms with E-state index in [1.54, 1.807) is 0 Å². The van der Waals surface area contributed by atoms with Crippen LogP contribution in [0.4, 0.5) is 0 Å². The first-order valence-corrected chi connectivity index (χ1v) is 9.92. The third-order valence-electron chi connectivity index (χ3n) is 6.16. The lowest BCUT2D eigenvalue weighted by atomic mass is 9.96. The van der Waals surface area contributed by atoms with E-state index in [9.17, 15) is 0 Å². The van der Waals surface area contributed by atoms with E-state index in [0.29, 0.717) is 5.92 Å². The normalized spacial score (nSPS) is 22.3. The first-order chi connectivity index (χ1) is 12.6. The molecule has 0 N–H and O–H groups in total. The van der Waals surface area contributed by atoms with Crippen LogP contribution in [0.1, 0.15) is 54.5 Å². The van der Waals surface area contributed by atoms with Gasteiger partial charge in [-0.2, -0.15) is 5.10 Å². The fourth-order valence-corrected chi connectivity index (χ4v) is 4.36. The van der Waals surface area contributed by atoms with E-state index in [1.165, 1.54) is 50.0 Å². The maximum absolute atomic E-state index is 4.59. The molecule has 7 heteroatoms. The van der Waals surface area contributed by atoms with Crippen molar-refractivity contribution >= 4 is 0 Å². The van der Waals surface area contributed by atoms with E-state index in [4.69, 9.17) is 0 Å². The molecule has 4 rings (SSSR count). The highest BCUT2D eigenvalue weighted by atomic mass is 15.3. The van der Waals surface area contributed by atoms with Crippen LogP contribution in [0.3, 0.4) is 0 Å². The fourth-order valence-electron chi connectivity index (χ4n) is 4.36. The fraction of sp³-hybridized carbons (Fsp3) is 0.737. The predicted molar refractivity (Wildman–Crippen MR) is 101 cm³/mol. The van der Waals surface area contributed by atoms with Gasteiger partial charge in [0.2, 0.25) is 0 Å². The molecule has 0 saturated carbocycles. The molecule has 4 heterocycles. The molecule has 0 aliphatic carbocycles. The summed E-state index contributed by atoms with van der Waals surface area (Å²) in [4.78, 5) is 5.04. The Morgan fingerprint density at radius 1 is 1.00 bits per heavy atom. The van der Waals surface area contributed by atoms with Gasteiger partial charge >= 0.3 is 0 Å². The average molecular weight is 358 g/mol. The zero-order chi connectivity index (χ0) is 18.1. The van der Waals surface area contributed by atoms with Crippen LogP contribution in [0.2, 0.25) is 0 Å². The molecule has 2 saturated heterocycles. The van der Waals surface area contributed by atoms with Crippen LogP contribution in [0, 0.1) is 6.92 Å². The van der Waals surface area contributed by atoms with Gasteiger partial charge in [-0.15, -0.1) is 10.2 Å². The monoisotopic (exact) mass is 357 g/mol. The standard InChI is InChI=1S/C19H31N7/c1-15-17(11-20-24(15)3)13-26-10-6-7-16(12-26)19-22-21-18(23(19)2)14-25-8-4-5-9-25/h11,16H,4-10,12-14H2,1-3H3/t16-/m1/s1. The molecular formula is C19H31N7. The highest BCUT2D eigenvalue weighted by Crippen LogP contribution is 2.27. The Hall–Kier alpha value is -1.73. The molecule has 0 aromatic carbocycles. The van der Waals surface area contributed by atoms with Crippen LogP contribution in [-0.4, -0.2) is 60.5 Å². The maximum atomic E-state index is 4.59. The predicted octanol–water partition coefficient (Wildman–Crippen LogP) is 1.83. The number of aromatic nitrogens is 5. The third-order valence-corrected chi connectivity index (χ3v) is 6.16. The molecule has 0 amide bonds. The van der Waals surface area contributed by atoms with Gasteiger partial charge in [0, 0.05) is 44.4 Å². The van der Waals surface area contributed by atoms with Crippen molar-refractivity contribution in [3.05, 3.63) is 29.1 Å². The smallest absolute Gasteiger partial charge is 0.146 e. The molecule has 7 nitrogen and oxygen atoms in total. The summed E-state index contributed by atoms with van der Waals surface area (Å²) in [6.07, 6.45) is 7.07. The second kappa shape index (κ2) is 7.48. The van der Waals surface area contributed by atoms with Crippen LogP contribution >= 0.6 is 0 Å². The first kappa shape index (κ1) is 17.7. The number of hydrogen-bond acceptors (Lipinski definition) is 5. The number of nitrogens with zero attached hydrogens (tertiary/aromatic N) is 7. The Morgan fingerprint density at radius 3 is 2.50 bits per heavy atom. The van der Waals surface area contributed by atoms with Crippen LogP contribution in [-0.2, 0) is 27.2 Å². The summed E-state index contributed by atoms with van der Waals surface area (Å²) in [5, 5.41) is 13.5. The third kappa shape index (κ3) is 3.55.